The molecule has 0 N–H and O–H groups in total. The van der Waals surface area contributed by atoms with Crippen LogP contribution >= 0.6 is 0 Å². The van der Waals surface area contributed by atoms with E-state index >= 15 is 0 Å². The molecule has 0 fully saturated rings. The molecule has 0 radical (unpaired) electrons. The number of benzene rings is 2. The Bertz CT molecular complexity index is 840. The molecule has 2 aromatic carbocycles. The van der Waals surface area contributed by atoms with Gasteiger partial charge in [-0.2, -0.15) is 5.10 Å². The van der Waals surface area contributed by atoms with E-state index in [1.807, 2.05) is 23.9 Å². The van der Waals surface area contributed by atoms with Crippen molar-refractivity contribution in [3.63, 3.8) is 0 Å². The summed E-state index contributed by atoms with van der Waals surface area (Å²) in [6.45, 7) is 6.62. The Morgan fingerprint density at radius 1 is 0.905 bits per heavy atom. The molecule has 0 atom stereocenters. The predicted octanol–water partition coefficient (Wildman–Crippen LogP) is 4.49. The van der Waals surface area contributed by atoms with Crippen molar-refractivity contribution >= 4 is 0 Å². The van der Waals surface area contributed by atoms with E-state index < -0.39 is 0 Å². The van der Waals surface area contributed by atoms with Gasteiger partial charge in [0.25, 0.3) is 0 Å². The Labute approximate surface area is 125 Å². The van der Waals surface area contributed by atoms with Gasteiger partial charge < -0.3 is 0 Å². The topological polar surface area (TPSA) is 17.8 Å². The average molecular weight is 274 g/mol. The Morgan fingerprint density at radius 2 is 1.67 bits per heavy atom. The second-order valence-corrected chi connectivity index (χ2v) is 6.30. The summed E-state index contributed by atoms with van der Waals surface area (Å²) in [4.78, 5) is 0. The van der Waals surface area contributed by atoms with E-state index in [0.717, 1.165) is 11.4 Å². The van der Waals surface area contributed by atoms with Crippen LogP contribution in [0.4, 0.5) is 0 Å². The number of hydrogen-bond donors (Lipinski definition) is 0. The summed E-state index contributed by atoms with van der Waals surface area (Å²) in [5.41, 5.74) is 7.72. The number of aryl methyl sites for hydroxylation is 1. The zero-order valence-corrected chi connectivity index (χ0v) is 12.6. The third kappa shape index (κ3) is 1.69. The molecular weight excluding hydrogens is 256 g/mol. The van der Waals surface area contributed by atoms with Crippen LogP contribution in [0.25, 0.3) is 16.8 Å². The van der Waals surface area contributed by atoms with Crippen LogP contribution in [0.3, 0.4) is 0 Å². The molecule has 0 spiro atoms. The second kappa shape index (κ2) is 4.08. The smallest absolute Gasteiger partial charge is 0.0649 e. The molecule has 1 aliphatic rings. The molecule has 21 heavy (non-hydrogen) atoms. The van der Waals surface area contributed by atoms with Gasteiger partial charge in [-0.25, -0.2) is 4.68 Å². The van der Waals surface area contributed by atoms with E-state index in [1.165, 1.54) is 22.3 Å². The van der Waals surface area contributed by atoms with E-state index in [4.69, 9.17) is 0 Å². The zero-order valence-electron chi connectivity index (χ0n) is 12.6. The van der Waals surface area contributed by atoms with Crippen LogP contribution in [-0.4, -0.2) is 9.78 Å². The van der Waals surface area contributed by atoms with E-state index in [1.54, 1.807) is 0 Å². The number of fused-ring (bicyclic) bond motifs is 3. The second-order valence-electron chi connectivity index (χ2n) is 6.30. The lowest BCUT2D eigenvalue weighted by Gasteiger charge is -2.21. The Morgan fingerprint density at radius 3 is 2.43 bits per heavy atom. The minimum atomic E-state index is 0.0458. The molecule has 4 rings (SSSR count). The Balaban J connectivity index is 1.93. The quantitative estimate of drug-likeness (QED) is 0.639. The largest absolute Gasteiger partial charge is 0.241 e. The summed E-state index contributed by atoms with van der Waals surface area (Å²) >= 11 is 0. The predicted molar refractivity (Wildman–Crippen MR) is 85.9 cm³/mol. The first-order valence-electron chi connectivity index (χ1n) is 7.34. The fourth-order valence-corrected chi connectivity index (χ4v) is 3.39. The maximum Gasteiger partial charge on any atom is 0.0649 e. The van der Waals surface area contributed by atoms with Gasteiger partial charge in [-0.1, -0.05) is 44.2 Å². The first-order chi connectivity index (χ1) is 10.1. The first kappa shape index (κ1) is 12.4. The third-order valence-corrected chi connectivity index (χ3v) is 4.55. The van der Waals surface area contributed by atoms with Gasteiger partial charge in [-0.3, -0.25) is 0 Å². The van der Waals surface area contributed by atoms with Crippen molar-refractivity contribution in [2.75, 3.05) is 0 Å². The van der Waals surface area contributed by atoms with E-state index in [2.05, 4.69) is 61.4 Å². The summed E-state index contributed by atoms with van der Waals surface area (Å²) in [6, 6.07) is 17.4. The van der Waals surface area contributed by atoms with Crippen LogP contribution in [-0.2, 0) is 5.41 Å². The first-order valence-corrected chi connectivity index (χ1v) is 7.34. The lowest BCUT2D eigenvalue weighted by Crippen LogP contribution is -2.15. The molecule has 0 saturated carbocycles. The molecule has 3 aromatic rings. The maximum atomic E-state index is 4.52. The molecule has 1 heterocycles. The van der Waals surface area contributed by atoms with Crippen LogP contribution in [0.15, 0.2) is 54.7 Å². The number of nitrogens with zero attached hydrogens (tertiary/aromatic N) is 2. The SMILES string of the molecule is Cc1ccn(-c2ccc3c(c2)C(C)(C)c2ccccc2-3)n1. The molecule has 2 heteroatoms. The average Bonchev–Trinajstić information content (AvgIpc) is 3.01. The van der Waals surface area contributed by atoms with Gasteiger partial charge in [0.2, 0.25) is 0 Å². The zero-order chi connectivity index (χ0) is 14.6. The minimum absolute atomic E-state index is 0.0458. The van der Waals surface area contributed by atoms with Crippen LogP contribution in [0.2, 0.25) is 0 Å². The van der Waals surface area contributed by atoms with E-state index in [-0.39, 0.29) is 5.41 Å². The molecule has 1 aromatic heterocycles. The van der Waals surface area contributed by atoms with Crippen molar-refractivity contribution in [1.82, 2.24) is 9.78 Å². The summed E-state index contributed by atoms with van der Waals surface area (Å²) in [5, 5.41) is 4.52. The lowest BCUT2D eigenvalue weighted by atomic mass is 9.82. The summed E-state index contributed by atoms with van der Waals surface area (Å²) in [6.07, 6.45) is 2.02. The normalized spacial score (nSPS) is 14.8. The molecule has 104 valence electrons. The van der Waals surface area contributed by atoms with Gasteiger partial charge in [0.05, 0.1) is 11.4 Å². The molecular formula is C19H18N2. The molecule has 0 bridgehead atoms. The van der Waals surface area contributed by atoms with Crippen molar-refractivity contribution in [2.24, 2.45) is 0 Å². The molecule has 1 aliphatic carbocycles. The van der Waals surface area contributed by atoms with Crippen LogP contribution in [0.5, 0.6) is 0 Å². The van der Waals surface area contributed by atoms with E-state index in [0.29, 0.717) is 0 Å². The van der Waals surface area contributed by atoms with Gasteiger partial charge in [0.15, 0.2) is 0 Å². The minimum Gasteiger partial charge on any atom is -0.241 e. The maximum absolute atomic E-state index is 4.52. The van der Waals surface area contributed by atoms with Crippen LogP contribution in [0.1, 0.15) is 30.7 Å². The van der Waals surface area contributed by atoms with Crippen molar-refractivity contribution in [2.45, 2.75) is 26.2 Å². The molecule has 0 saturated heterocycles. The van der Waals surface area contributed by atoms with Crippen molar-refractivity contribution < 1.29 is 0 Å². The van der Waals surface area contributed by atoms with Gasteiger partial charge >= 0.3 is 0 Å². The fraction of sp³-hybridized carbons (Fsp3) is 0.211. The van der Waals surface area contributed by atoms with Crippen molar-refractivity contribution in [3.8, 4) is 16.8 Å². The Hall–Kier alpha value is -2.35. The highest BCUT2D eigenvalue weighted by Gasteiger charge is 2.35. The van der Waals surface area contributed by atoms with Gasteiger partial charge in [0.1, 0.15) is 0 Å². The molecule has 0 amide bonds. The monoisotopic (exact) mass is 274 g/mol. The lowest BCUT2D eigenvalue weighted by molar-refractivity contribution is 0.659. The highest BCUT2D eigenvalue weighted by atomic mass is 15.3. The van der Waals surface area contributed by atoms with Crippen molar-refractivity contribution in [1.29, 1.82) is 0 Å². The standard InChI is InChI=1S/C19H18N2/c1-13-10-11-21(20-13)14-8-9-16-15-6-4-5-7-17(15)19(2,3)18(16)12-14/h4-12H,1-3H3. The highest BCUT2D eigenvalue weighted by Crippen LogP contribution is 2.48. The third-order valence-electron chi connectivity index (χ3n) is 4.55. The van der Waals surface area contributed by atoms with Gasteiger partial charge in [0, 0.05) is 11.6 Å². The van der Waals surface area contributed by atoms with Crippen LogP contribution < -0.4 is 0 Å². The summed E-state index contributed by atoms with van der Waals surface area (Å²) in [5.74, 6) is 0. The highest BCUT2D eigenvalue weighted by molar-refractivity contribution is 5.81. The summed E-state index contributed by atoms with van der Waals surface area (Å²) < 4.78 is 1.95. The fourth-order valence-electron chi connectivity index (χ4n) is 3.39. The van der Waals surface area contributed by atoms with Crippen molar-refractivity contribution in [3.05, 3.63) is 71.5 Å². The van der Waals surface area contributed by atoms with Gasteiger partial charge in [-0.15, -0.1) is 0 Å². The van der Waals surface area contributed by atoms with E-state index in [9.17, 15) is 0 Å². The molecule has 2 nitrogen and oxygen atoms in total. The Kier molecular flexibility index (Phi) is 2.41. The summed E-state index contributed by atoms with van der Waals surface area (Å²) in [7, 11) is 0. The molecule has 0 aliphatic heterocycles. The number of rotatable bonds is 1. The number of hydrogen-bond acceptors (Lipinski definition) is 1. The molecule has 0 unspecified atom stereocenters. The number of aromatic nitrogens is 2. The van der Waals surface area contributed by atoms with Crippen LogP contribution in [0, 0.1) is 6.92 Å². The van der Waals surface area contributed by atoms with Gasteiger partial charge in [-0.05, 0) is 47.4 Å².